The lowest BCUT2D eigenvalue weighted by atomic mass is 9.93. The van der Waals surface area contributed by atoms with Crippen molar-refractivity contribution in [2.24, 2.45) is 0 Å². The van der Waals surface area contributed by atoms with Gasteiger partial charge in [-0.05, 0) is 34.6 Å². The number of amides is 1. The number of thiazole rings is 1. The molecule has 5 heteroatoms. The van der Waals surface area contributed by atoms with E-state index in [-0.39, 0.29) is 11.6 Å². The van der Waals surface area contributed by atoms with Gasteiger partial charge in [0.15, 0.2) is 0 Å². The maximum absolute atomic E-state index is 12.2. The lowest BCUT2D eigenvalue weighted by Crippen LogP contribution is -2.52. The van der Waals surface area contributed by atoms with Crippen LogP contribution in [0.4, 0.5) is 4.79 Å². The Morgan fingerprint density at radius 2 is 2.17 bits per heavy atom. The molecule has 0 bridgehead atoms. The van der Waals surface area contributed by atoms with Crippen molar-refractivity contribution in [3.8, 4) is 0 Å². The molecule has 1 aliphatic rings. The second kappa shape index (κ2) is 4.23. The van der Waals surface area contributed by atoms with Gasteiger partial charge in [-0.3, -0.25) is 4.90 Å². The van der Waals surface area contributed by atoms with Crippen molar-refractivity contribution in [1.82, 2.24) is 9.88 Å². The molecule has 0 fully saturated rings. The third-order valence-electron chi connectivity index (χ3n) is 2.97. The van der Waals surface area contributed by atoms with Crippen molar-refractivity contribution < 1.29 is 9.53 Å². The smallest absolute Gasteiger partial charge is 0.411 e. The predicted octanol–water partition coefficient (Wildman–Crippen LogP) is 3.21. The highest BCUT2D eigenvalue weighted by Crippen LogP contribution is 2.33. The largest absolute Gasteiger partial charge is 0.444 e. The van der Waals surface area contributed by atoms with Crippen LogP contribution >= 0.6 is 11.3 Å². The minimum atomic E-state index is -0.463. The monoisotopic (exact) mass is 268 g/mol. The molecular formula is C13H20N2O2S. The average Bonchev–Trinajstić information content (AvgIpc) is 2.58. The van der Waals surface area contributed by atoms with Gasteiger partial charge in [-0.15, -0.1) is 11.3 Å². The van der Waals surface area contributed by atoms with Crippen molar-refractivity contribution in [3.63, 3.8) is 0 Å². The summed E-state index contributed by atoms with van der Waals surface area (Å²) < 4.78 is 5.47. The highest BCUT2D eigenvalue weighted by molar-refractivity contribution is 7.09. The normalized spacial score (nSPS) is 18.4. The van der Waals surface area contributed by atoms with Gasteiger partial charge in [0.25, 0.3) is 0 Å². The van der Waals surface area contributed by atoms with Gasteiger partial charge in [-0.2, -0.15) is 0 Å². The molecule has 0 radical (unpaired) electrons. The number of fused-ring (bicyclic) bond motifs is 1. The summed E-state index contributed by atoms with van der Waals surface area (Å²) in [6, 6.07) is 0. The Balaban J connectivity index is 2.21. The van der Waals surface area contributed by atoms with Crippen LogP contribution in [0.5, 0.6) is 0 Å². The van der Waals surface area contributed by atoms with Gasteiger partial charge in [0.05, 0.1) is 17.7 Å². The topological polar surface area (TPSA) is 42.4 Å². The molecule has 0 saturated carbocycles. The van der Waals surface area contributed by atoms with Crippen LogP contribution in [0.2, 0.25) is 0 Å². The van der Waals surface area contributed by atoms with Crippen LogP contribution in [0.25, 0.3) is 0 Å². The summed E-state index contributed by atoms with van der Waals surface area (Å²) in [6.07, 6.45) is 0.581. The van der Waals surface area contributed by atoms with E-state index in [0.29, 0.717) is 6.54 Å². The zero-order valence-corrected chi connectivity index (χ0v) is 12.4. The van der Waals surface area contributed by atoms with Crippen molar-refractivity contribution in [2.75, 3.05) is 0 Å². The van der Waals surface area contributed by atoms with Crippen molar-refractivity contribution in [2.45, 2.75) is 58.7 Å². The first kappa shape index (κ1) is 13.3. The Morgan fingerprint density at radius 1 is 1.50 bits per heavy atom. The lowest BCUT2D eigenvalue weighted by molar-refractivity contribution is -0.00269. The number of carbonyl (C=O) groups is 1. The Bertz CT molecular complexity index is 460. The maximum Gasteiger partial charge on any atom is 0.411 e. The van der Waals surface area contributed by atoms with Gasteiger partial charge in [0.1, 0.15) is 5.60 Å². The minimum Gasteiger partial charge on any atom is -0.444 e. The Morgan fingerprint density at radius 3 is 2.78 bits per heavy atom. The van der Waals surface area contributed by atoms with E-state index in [1.54, 1.807) is 16.2 Å². The number of rotatable bonds is 0. The SMILES string of the molecule is CC(C)(C)OC(=O)N1Cc2ncsc2CC1(C)C. The molecule has 18 heavy (non-hydrogen) atoms. The summed E-state index contributed by atoms with van der Waals surface area (Å²) in [6.45, 7) is 10.3. The molecule has 0 N–H and O–H groups in total. The first-order chi connectivity index (χ1) is 8.19. The van der Waals surface area contributed by atoms with Gasteiger partial charge in [-0.1, -0.05) is 0 Å². The second-order valence-electron chi connectivity index (χ2n) is 6.28. The summed E-state index contributed by atoms with van der Waals surface area (Å²) in [7, 11) is 0. The van der Waals surface area contributed by atoms with E-state index in [0.717, 1.165) is 12.1 Å². The molecule has 4 nitrogen and oxygen atoms in total. The highest BCUT2D eigenvalue weighted by Gasteiger charge is 2.39. The summed E-state index contributed by atoms with van der Waals surface area (Å²) in [5.74, 6) is 0. The van der Waals surface area contributed by atoms with Crippen molar-refractivity contribution in [3.05, 3.63) is 16.1 Å². The second-order valence-corrected chi connectivity index (χ2v) is 7.22. The molecule has 1 aliphatic heterocycles. The van der Waals surface area contributed by atoms with Crippen molar-refractivity contribution >= 4 is 17.4 Å². The van der Waals surface area contributed by atoms with Crippen LogP contribution in [-0.2, 0) is 17.7 Å². The van der Waals surface area contributed by atoms with Crippen LogP contribution in [0.1, 0.15) is 45.2 Å². The third kappa shape index (κ3) is 2.66. The Kier molecular flexibility index (Phi) is 3.13. The third-order valence-corrected chi connectivity index (χ3v) is 3.85. The fraction of sp³-hybridized carbons (Fsp3) is 0.692. The molecule has 100 valence electrons. The van der Waals surface area contributed by atoms with Gasteiger partial charge >= 0.3 is 6.09 Å². The molecule has 2 heterocycles. The highest BCUT2D eigenvalue weighted by atomic mass is 32.1. The standard InChI is InChI=1S/C13H20N2O2S/c1-12(2,3)17-11(16)15-7-9-10(18-8-14-9)6-13(15,4)5/h8H,6-7H2,1-5H3. The quantitative estimate of drug-likeness (QED) is 0.725. The van der Waals surface area contributed by atoms with E-state index in [1.807, 2.05) is 26.3 Å². The zero-order chi connectivity index (χ0) is 13.6. The maximum atomic E-state index is 12.2. The number of hydrogen-bond acceptors (Lipinski definition) is 4. The van der Waals surface area contributed by atoms with Crippen LogP contribution in [0.3, 0.4) is 0 Å². The molecular weight excluding hydrogens is 248 g/mol. The summed E-state index contributed by atoms with van der Waals surface area (Å²) in [4.78, 5) is 19.6. The summed E-state index contributed by atoms with van der Waals surface area (Å²) in [5, 5.41) is 0. The molecule has 0 unspecified atom stereocenters. The molecule has 1 amide bonds. The van der Waals surface area contributed by atoms with E-state index in [2.05, 4.69) is 18.8 Å². The molecule has 0 spiro atoms. The molecule has 1 aromatic rings. The van der Waals surface area contributed by atoms with Crippen LogP contribution in [-0.4, -0.2) is 27.1 Å². The first-order valence-electron chi connectivity index (χ1n) is 6.11. The fourth-order valence-corrected chi connectivity index (χ4v) is 3.04. The number of ether oxygens (including phenoxy) is 1. The number of hydrogen-bond donors (Lipinski definition) is 0. The number of carbonyl (C=O) groups excluding carboxylic acids is 1. The van der Waals surface area contributed by atoms with E-state index in [1.165, 1.54) is 4.88 Å². The van der Waals surface area contributed by atoms with Crippen LogP contribution < -0.4 is 0 Å². The molecule has 0 saturated heterocycles. The fourth-order valence-electron chi connectivity index (χ4n) is 2.05. The van der Waals surface area contributed by atoms with Gasteiger partial charge in [0.2, 0.25) is 0 Å². The van der Waals surface area contributed by atoms with Crippen LogP contribution in [0.15, 0.2) is 5.51 Å². The van der Waals surface area contributed by atoms with Gasteiger partial charge < -0.3 is 4.74 Å². The average molecular weight is 268 g/mol. The molecule has 2 rings (SSSR count). The summed E-state index contributed by atoms with van der Waals surface area (Å²) in [5.41, 5.74) is 2.17. The van der Waals surface area contributed by atoms with E-state index in [9.17, 15) is 4.79 Å². The predicted molar refractivity (Wildman–Crippen MR) is 71.7 cm³/mol. The number of aromatic nitrogens is 1. The van der Waals surface area contributed by atoms with Gasteiger partial charge in [-0.25, -0.2) is 9.78 Å². The molecule has 0 atom stereocenters. The summed E-state index contributed by atoms with van der Waals surface area (Å²) >= 11 is 1.66. The Labute approximate surface area is 112 Å². The molecule has 0 aliphatic carbocycles. The zero-order valence-electron chi connectivity index (χ0n) is 11.6. The minimum absolute atomic E-state index is 0.220. The van der Waals surface area contributed by atoms with E-state index >= 15 is 0 Å². The molecule has 1 aromatic heterocycles. The van der Waals surface area contributed by atoms with Gasteiger partial charge in [0, 0.05) is 16.8 Å². The Hall–Kier alpha value is -1.10. The molecule has 0 aromatic carbocycles. The van der Waals surface area contributed by atoms with E-state index in [4.69, 9.17) is 4.74 Å². The first-order valence-corrected chi connectivity index (χ1v) is 6.99. The number of nitrogens with zero attached hydrogens (tertiary/aromatic N) is 2. The lowest BCUT2D eigenvalue weighted by Gasteiger charge is -2.41. The van der Waals surface area contributed by atoms with Crippen molar-refractivity contribution in [1.29, 1.82) is 0 Å². The van der Waals surface area contributed by atoms with E-state index < -0.39 is 5.60 Å². The van der Waals surface area contributed by atoms with Crippen LogP contribution in [0, 0.1) is 0 Å².